The lowest BCUT2D eigenvalue weighted by Gasteiger charge is -2.13. The molecule has 0 saturated heterocycles. The first-order valence-corrected chi connectivity index (χ1v) is 5.30. The molecule has 0 aromatic rings. The van der Waals surface area contributed by atoms with Crippen LogP contribution in [-0.2, 0) is 0 Å². The molecule has 11 heavy (non-hydrogen) atoms. The quantitative estimate of drug-likeness (QED) is 0.349. The number of rotatable bonds is 7. The topological polar surface area (TPSA) is 38.0 Å². The van der Waals surface area contributed by atoms with Crippen LogP contribution >= 0.6 is 11.8 Å². The Morgan fingerprint density at radius 2 is 2.36 bits per heavy atom. The molecule has 0 aromatic carbocycles. The molecule has 0 aliphatic carbocycles. The van der Waals surface area contributed by atoms with Gasteiger partial charge >= 0.3 is 0 Å². The normalized spacial score (nSPS) is 12.9. The number of hydrazine groups is 1. The summed E-state index contributed by atoms with van der Waals surface area (Å²) >= 11 is 1.86. The summed E-state index contributed by atoms with van der Waals surface area (Å²) in [6.07, 6.45) is 7.33. The van der Waals surface area contributed by atoms with Gasteiger partial charge in [0.2, 0.25) is 0 Å². The van der Waals surface area contributed by atoms with Crippen LogP contribution in [0.2, 0.25) is 0 Å². The first kappa shape index (κ1) is 11.0. The van der Waals surface area contributed by atoms with Crippen LogP contribution in [0.3, 0.4) is 0 Å². The highest BCUT2D eigenvalue weighted by Gasteiger charge is 2.03. The molecule has 0 aliphatic rings. The van der Waals surface area contributed by atoms with Crippen LogP contribution in [-0.4, -0.2) is 18.1 Å². The molecule has 0 bridgehead atoms. The van der Waals surface area contributed by atoms with Gasteiger partial charge in [-0.2, -0.15) is 11.8 Å². The summed E-state index contributed by atoms with van der Waals surface area (Å²) in [6, 6.07) is 0.459. The third-order valence-corrected chi connectivity index (χ3v) is 2.27. The van der Waals surface area contributed by atoms with Crippen molar-refractivity contribution in [3.63, 3.8) is 0 Å². The van der Waals surface area contributed by atoms with Gasteiger partial charge in [0.25, 0.3) is 0 Å². The zero-order valence-corrected chi connectivity index (χ0v) is 7.99. The Hall–Kier alpha value is 0.01000. The van der Waals surface area contributed by atoms with Crippen molar-refractivity contribution in [2.45, 2.75) is 25.3 Å². The van der Waals surface area contributed by atoms with Gasteiger partial charge in [-0.1, -0.05) is 6.08 Å². The summed E-state index contributed by atoms with van der Waals surface area (Å²) in [5.74, 6) is 6.53. The summed E-state index contributed by atoms with van der Waals surface area (Å²) in [6.45, 7) is 3.67. The first-order valence-electron chi connectivity index (χ1n) is 3.91. The average molecular weight is 174 g/mol. The monoisotopic (exact) mass is 174 g/mol. The Kier molecular flexibility index (Phi) is 8.12. The van der Waals surface area contributed by atoms with Crippen LogP contribution < -0.4 is 11.3 Å². The Labute approximate surface area is 73.6 Å². The molecule has 1 atom stereocenters. The van der Waals surface area contributed by atoms with Crippen LogP contribution in [0, 0.1) is 0 Å². The molecule has 3 heteroatoms. The van der Waals surface area contributed by atoms with Gasteiger partial charge in [0.1, 0.15) is 0 Å². The van der Waals surface area contributed by atoms with Gasteiger partial charge in [-0.05, 0) is 31.3 Å². The Balaban J connectivity index is 3.32. The molecule has 0 rings (SSSR count). The van der Waals surface area contributed by atoms with Gasteiger partial charge in [0.05, 0.1) is 0 Å². The van der Waals surface area contributed by atoms with E-state index in [0.717, 1.165) is 19.3 Å². The SMILES string of the molecule is C=CCCC(CCSC)NN. The van der Waals surface area contributed by atoms with E-state index < -0.39 is 0 Å². The zero-order chi connectivity index (χ0) is 8.53. The van der Waals surface area contributed by atoms with Gasteiger partial charge in [-0.3, -0.25) is 11.3 Å². The highest BCUT2D eigenvalue weighted by Crippen LogP contribution is 2.05. The predicted octanol–water partition coefficient (Wildman–Crippen LogP) is 1.54. The van der Waals surface area contributed by atoms with Gasteiger partial charge < -0.3 is 0 Å². The number of hydrogen-bond donors (Lipinski definition) is 2. The average Bonchev–Trinajstić information content (AvgIpc) is 2.05. The Morgan fingerprint density at radius 1 is 1.64 bits per heavy atom. The minimum atomic E-state index is 0.459. The molecule has 66 valence electrons. The van der Waals surface area contributed by atoms with Gasteiger partial charge in [-0.15, -0.1) is 6.58 Å². The van der Waals surface area contributed by atoms with Crippen LogP contribution in [0.25, 0.3) is 0 Å². The lowest BCUT2D eigenvalue weighted by atomic mass is 10.1. The van der Waals surface area contributed by atoms with Gasteiger partial charge in [-0.25, -0.2) is 0 Å². The fraction of sp³-hybridized carbons (Fsp3) is 0.750. The Bertz CT molecular complexity index is 96.1. The molecular formula is C8H18N2S. The van der Waals surface area contributed by atoms with Gasteiger partial charge in [0, 0.05) is 6.04 Å². The highest BCUT2D eigenvalue weighted by molar-refractivity contribution is 7.98. The van der Waals surface area contributed by atoms with Crippen molar-refractivity contribution in [3.05, 3.63) is 12.7 Å². The van der Waals surface area contributed by atoms with Gasteiger partial charge in [0.15, 0.2) is 0 Å². The standard InChI is InChI=1S/C8H18N2S/c1-3-4-5-8(10-9)6-7-11-2/h3,8,10H,1,4-7,9H2,2H3. The van der Waals surface area contributed by atoms with Crippen LogP contribution in [0.5, 0.6) is 0 Å². The molecule has 0 fully saturated rings. The summed E-state index contributed by atoms with van der Waals surface area (Å²) in [5.41, 5.74) is 2.81. The number of nitrogens with two attached hydrogens (primary N) is 1. The number of nitrogens with one attached hydrogen (secondary N) is 1. The number of hydrogen-bond acceptors (Lipinski definition) is 3. The van der Waals surface area contributed by atoms with Crippen molar-refractivity contribution in [1.29, 1.82) is 0 Å². The Morgan fingerprint density at radius 3 is 2.82 bits per heavy atom. The molecule has 2 nitrogen and oxygen atoms in total. The highest BCUT2D eigenvalue weighted by atomic mass is 32.2. The second kappa shape index (κ2) is 8.11. The van der Waals surface area contributed by atoms with Crippen LogP contribution in [0.15, 0.2) is 12.7 Å². The van der Waals surface area contributed by atoms with Crippen LogP contribution in [0.4, 0.5) is 0 Å². The van der Waals surface area contributed by atoms with E-state index in [9.17, 15) is 0 Å². The van der Waals surface area contributed by atoms with Crippen LogP contribution in [0.1, 0.15) is 19.3 Å². The molecule has 0 aliphatic heterocycles. The molecule has 0 aromatic heterocycles. The molecule has 0 radical (unpaired) electrons. The molecule has 3 N–H and O–H groups in total. The summed E-state index contributed by atoms with van der Waals surface area (Å²) < 4.78 is 0. The van der Waals surface area contributed by atoms with E-state index in [4.69, 9.17) is 5.84 Å². The fourth-order valence-corrected chi connectivity index (χ4v) is 1.41. The van der Waals surface area contributed by atoms with E-state index in [2.05, 4.69) is 18.3 Å². The lowest BCUT2D eigenvalue weighted by molar-refractivity contribution is 0.488. The van der Waals surface area contributed by atoms with E-state index in [1.807, 2.05) is 17.8 Å². The molecule has 0 spiro atoms. The number of allylic oxidation sites excluding steroid dienone is 1. The minimum absolute atomic E-state index is 0.459. The van der Waals surface area contributed by atoms with Crippen molar-refractivity contribution in [3.8, 4) is 0 Å². The van der Waals surface area contributed by atoms with Crippen molar-refractivity contribution >= 4 is 11.8 Å². The second-order valence-corrected chi connectivity index (χ2v) is 3.50. The molecule has 0 heterocycles. The predicted molar refractivity (Wildman–Crippen MR) is 53.5 cm³/mol. The number of thioether (sulfide) groups is 1. The largest absolute Gasteiger partial charge is 0.271 e. The van der Waals surface area contributed by atoms with Crippen molar-refractivity contribution in [2.75, 3.05) is 12.0 Å². The maximum absolute atomic E-state index is 5.36. The molecule has 0 saturated carbocycles. The summed E-state index contributed by atoms with van der Waals surface area (Å²) in [4.78, 5) is 0. The van der Waals surface area contributed by atoms with Crippen molar-refractivity contribution in [1.82, 2.24) is 5.43 Å². The van der Waals surface area contributed by atoms with Crippen molar-refractivity contribution < 1.29 is 0 Å². The van der Waals surface area contributed by atoms with E-state index in [1.54, 1.807) is 0 Å². The third kappa shape index (κ3) is 6.41. The summed E-state index contributed by atoms with van der Waals surface area (Å²) in [7, 11) is 0. The maximum atomic E-state index is 5.36. The van der Waals surface area contributed by atoms with E-state index in [0.29, 0.717) is 6.04 Å². The zero-order valence-electron chi connectivity index (χ0n) is 7.18. The smallest absolute Gasteiger partial charge is 0.0221 e. The fourth-order valence-electron chi connectivity index (χ4n) is 0.890. The molecular weight excluding hydrogens is 156 g/mol. The first-order chi connectivity index (χ1) is 5.35. The second-order valence-electron chi connectivity index (χ2n) is 2.51. The third-order valence-electron chi connectivity index (χ3n) is 1.63. The van der Waals surface area contributed by atoms with E-state index in [-0.39, 0.29) is 0 Å². The molecule has 1 unspecified atom stereocenters. The lowest BCUT2D eigenvalue weighted by Crippen LogP contribution is -2.35. The van der Waals surface area contributed by atoms with Crippen molar-refractivity contribution in [2.24, 2.45) is 5.84 Å². The van der Waals surface area contributed by atoms with E-state index in [1.165, 1.54) is 5.75 Å². The maximum Gasteiger partial charge on any atom is 0.0221 e. The molecule has 0 amide bonds. The van der Waals surface area contributed by atoms with E-state index >= 15 is 0 Å². The summed E-state index contributed by atoms with van der Waals surface area (Å²) in [5, 5.41) is 0. The minimum Gasteiger partial charge on any atom is -0.271 e.